The maximum absolute atomic E-state index is 13.1. The Morgan fingerprint density at radius 2 is 1.83 bits per heavy atom. The Morgan fingerprint density at radius 3 is 2.51 bits per heavy atom. The Hall–Kier alpha value is -3.41. The van der Waals surface area contributed by atoms with Gasteiger partial charge in [0.1, 0.15) is 6.26 Å². The van der Waals surface area contributed by atoms with Crippen LogP contribution in [0.25, 0.3) is 0 Å². The lowest BCUT2D eigenvalue weighted by Gasteiger charge is -2.31. The summed E-state index contributed by atoms with van der Waals surface area (Å²) >= 11 is 0. The van der Waals surface area contributed by atoms with E-state index in [9.17, 15) is 9.59 Å². The van der Waals surface area contributed by atoms with E-state index >= 15 is 0 Å². The molecule has 1 fully saturated rings. The van der Waals surface area contributed by atoms with Gasteiger partial charge >= 0.3 is 0 Å². The Balaban J connectivity index is 1.35. The van der Waals surface area contributed by atoms with Crippen LogP contribution in [-0.2, 0) is 11.2 Å². The number of aryl methyl sites for hydroxylation is 2. The first-order valence-corrected chi connectivity index (χ1v) is 12.5. The summed E-state index contributed by atoms with van der Waals surface area (Å²) in [5.41, 5.74) is 4.86. The van der Waals surface area contributed by atoms with Gasteiger partial charge in [0.25, 0.3) is 5.91 Å². The van der Waals surface area contributed by atoms with Crippen molar-refractivity contribution in [3.05, 3.63) is 88.6 Å². The van der Waals surface area contributed by atoms with Gasteiger partial charge in [0.2, 0.25) is 5.91 Å². The molecular weight excluding hydrogens is 438 g/mol. The number of hydrogen-bond donors (Lipinski definition) is 0. The van der Waals surface area contributed by atoms with Gasteiger partial charge in [-0.15, -0.1) is 0 Å². The van der Waals surface area contributed by atoms with Crippen LogP contribution in [0.4, 0.5) is 0 Å². The predicted octanol–water partition coefficient (Wildman–Crippen LogP) is 5.46. The molecule has 0 radical (unpaired) electrons. The van der Waals surface area contributed by atoms with E-state index in [1.165, 1.54) is 11.8 Å². The highest BCUT2D eigenvalue weighted by atomic mass is 16.3. The highest BCUT2D eigenvalue weighted by molar-refractivity contribution is 5.92. The topological polar surface area (TPSA) is 66.7 Å². The molecule has 6 nitrogen and oxygen atoms in total. The number of benzene rings is 2. The maximum Gasteiger partial charge on any atom is 0.276 e. The van der Waals surface area contributed by atoms with Crippen LogP contribution in [0.3, 0.4) is 0 Å². The van der Waals surface area contributed by atoms with E-state index < -0.39 is 0 Å². The Morgan fingerprint density at radius 1 is 1.11 bits per heavy atom. The fourth-order valence-electron chi connectivity index (χ4n) is 4.95. The highest BCUT2D eigenvalue weighted by Crippen LogP contribution is 2.29. The summed E-state index contributed by atoms with van der Waals surface area (Å²) in [5.74, 6) is 0.726. The van der Waals surface area contributed by atoms with E-state index in [1.807, 2.05) is 42.3 Å². The molecule has 2 amide bonds. The van der Waals surface area contributed by atoms with Crippen LogP contribution in [-0.4, -0.2) is 46.7 Å². The van der Waals surface area contributed by atoms with Crippen molar-refractivity contribution in [2.75, 3.05) is 20.1 Å². The standard InChI is InChI=1S/C29H35N3O3/c1-5-26(22-9-7-6-8-10-22)31(4)29(34)25-19-35-28(30-25)23-13-15-32(16-14-23)27(33)18-24-17-20(2)11-12-21(24)3/h6-12,17,19,23,26H,5,13-16,18H2,1-4H3/t26-/m1/s1. The molecule has 3 aromatic rings. The van der Waals surface area contributed by atoms with Crippen molar-refractivity contribution in [3.8, 4) is 0 Å². The normalized spacial score (nSPS) is 15.1. The minimum atomic E-state index is -0.142. The molecule has 184 valence electrons. The number of amides is 2. The van der Waals surface area contributed by atoms with E-state index in [4.69, 9.17) is 4.42 Å². The quantitative estimate of drug-likeness (QED) is 0.457. The van der Waals surface area contributed by atoms with E-state index in [0.29, 0.717) is 31.1 Å². The smallest absolute Gasteiger partial charge is 0.276 e. The molecule has 6 heteroatoms. The first-order valence-electron chi connectivity index (χ1n) is 12.5. The third-order valence-corrected chi connectivity index (χ3v) is 7.14. The molecule has 1 aliphatic rings. The van der Waals surface area contributed by atoms with Crippen molar-refractivity contribution in [3.63, 3.8) is 0 Å². The zero-order valence-electron chi connectivity index (χ0n) is 21.2. The summed E-state index contributed by atoms with van der Waals surface area (Å²) in [6, 6.07) is 16.3. The van der Waals surface area contributed by atoms with Gasteiger partial charge in [0.05, 0.1) is 12.5 Å². The van der Waals surface area contributed by atoms with Gasteiger partial charge in [-0.25, -0.2) is 4.98 Å². The number of piperidine rings is 1. The van der Waals surface area contributed by atoms with Crippen LogP contribution in [0, 0.1) is 13.8 Å². The molecule has 1 aliphatic heterocycles. The van der Waals surface area contributed by atoms with Gasteiger partial charge in [-0.05, 0) is 49.8 Å². The summed E-state index contributed by atoms with van der Waals surface area (Å²) < 4.78 is 5.75. The molecule has 2 aromatic carbocycles. The molecule has 2 heterocycles. The molecule has 0 unspecified atom stereocenters. The van der Waals surface area contributed by atoms with Crippen molar-refractivity contribution < 1.29 is 14.0 Å². The molecule has 1 aromatic heterocycles. The Labute approximate surface area is 208 Å². The molecule has 0 saturated carbocycles. The van der Waals surface area contributed by atoms with E-state index in [1.54, 1.807) is 4.90 Å². The molecular formula is C29H35N3O3. The van der Waals surface area contributed by atoms with Crippen LogP contribution in [0.5, 0.6) is 0 Å². The van der Waals surface area contributed by atoms with Gasteiger partial charge in [0.15, 0.2) is 11.6 Å². The number of carbonyl (C=O) groups excluding carboxylic acids is 2. The lowest BCUT2D eigenvalue weighted by molar-refractivity contribution is -0.131. The van der Waals surface area contributed by atoms with Gasteiger partial charge in [0, 0.05) is 26.1 Å². The molecule has 1 atom stereocenters. The SMILES string of the molecule is CC[C@H](c1ccccc1)N(C)C(=O)c1coc(C2CCN(C(=O)Cc3cc(C)ccc3C)CC2)n1. The maximum atomic E-state index is 13.1. The summed E-state index contributed by atoms with van der Waals surface area (Å²) in [5, 5.41) is 0. The Bertz CT molecular complexity index is 1160. The number of hydrogen-bond acceptors (Lipinski definition) is 4. The zero-order chi connectivity index (χ0) is 24.9. The third-order valence-electron chi connectivity index (χ3n) is 7.14. The summed E-state index contributed by atoms with van der Waals surface area (Å²) in [4.78, 5) is 34.3. The Kier molecular flexibility index (Phi) is 7.69. The van der Waals surface area contributed by atoms with Crippen molar-refractivity contribution in [2.24, 2.45) is 0 Å². The largest absolute Gasteiger partial charge is 0.448 e. The van der Waals surface area contributed by atoms with Gasteiger partial charge in [-0.1, -0.05) is 61.0 Å². The molecule has 4 rings (SSSR count). The van der Waals surface area contributed by atoms with Crippen LogP contribution in [0.1, 0.15) is 76.8 Å². The molecule has 0 aliphatic carbocycles. The second kappa shape index (κ2) is 10.9. The van der Waals surface area contributed by atoms with Crippen molar-refractivity contribution in [1.82, 2.24) is 14.8 Å². The molecule has 1 saturated heterocycles. The van der Waals surface area contributed by atoms with Crippen LogP contribution < -0.4 is 0 Å². The second-order valence-corrected chi connectivity index (χ2v) is 9.58. The summed E-state index contributed by atoms with van der Waals surface area (Å²) in [6.07, 6.45) is 4.28. The van der Waals surface area contributed by atoms with E-state index in [2.05, 4.69) is 44.0 Å². The number of likely N-dealkylation sites (tertiary alicyclic amines) is 1. The molecule has 0 bridgehead atoms. The van der Waals surface area contributed by atoms with Crippen LogP contribution in [0.15, 0.2) is 59.2 Å². The molecule has 0 N–H and O–H groups in total. The lowest BCUT2D eigenvalue weighted by Crippen LogP contribution is -2.39. The summed E-state index contributed by atoms with van der Waals surface area (Å²) in [7, 11) is 1.82. The molecule has 35 heavy (non-hydrogen) atoms. The number of rotatable bonds is 7. The average molecular weight is 474 g/mol. The number of carbonyl (C=O) groups is 2. The van der Waals surface area contributed by atoms with Crippen LogP contribution >= 0.6 is 0 Å². The zero-order valence-corrected chi connectivity index (χ0v) is 21.2. The average Bonchev–Trinajstić information content (AvgIpc) is 3.37. The minimum Gasteiger partial charge on any atom is -0.448 e. The number of oxazole rings is 1. The number of aromatic nitrogens is 1. The van der Waals surface area contributed by atoms with Crippen molar-refractivity contribution >= 4 is 11.8 Å². The fraction of sp³-hybridized carbons (Fsp3) is 0.414. The predicted molar refractivity (Wildman–Crippen MR) is 136 cm³/mol. The highest BCUT2D eigenvalue weighted by Gasteiger charge is 2.29. The first-order chi connectivity index (χ1) is 16.9. The fourth-order valence-corrected chi connectivity index (χ4v) is 4.95. The van der Waals surface area contributed by atoms with Gasteiger partial charge < -0.3 is 14.2 Å². The monoisotopic (exact) mass is 473 g/mol. The van der Waals surface area contributed by atoms with E-state index in [-0.39, 0.29) is 23.8 Å². The minimum absolute atomic E-state index is 0.0184. The van der Waals surface area contributed by atoms with Gasteiger partial charge in [-0.3, -0.25) is 9.59 Å². The summed E-state index contributed by atoms with van der Waals surface area (Å²) in [6.45, 7) is 7.52. The lowest BCUT2D eigenvalue weighted by atomic mass is 9.95. The van der Waals surface area contributed by atoms with Crippen LogP contribution in [0.2, 0.25) is 0 Å². The van der Waals surface area contributed by atoms with E-state index in [0.717, 1.165) is 36.0 Å². The molecule has 0 spiro atoms. The van der Waals surface area contributed by atoms with Gasteiger partial charge in [-0.2, -0.15) is 0 Å². The number of nitrogens with zero attached hydrogens (tertiary/aromatic N) is 3. The third kappa shape index (κ3) is 5.64. The first kappa shape index (κ1) is 24.7. The second-order valence-electron chi connectivity index (χ2n) is 9.58. The van der Waals surface area contributed by atoms with Crippen molar-refractivity contribution in [2.45, 2.75) is 58.4 Å². The van der Waals surface area contributed by atoms with Crippen molar-refractivity contribution in [1.29, 1.82) is 0 Å².